The minimum atomic E-state index is -3.73. The Morgan fingerprint density at radius 3 is 2.26 bits per heavy atom. The van der Waals surface area contributed by atoms with Gasteiger partial charge in [0.05, 0.1) is 29.3 Å². The van der Waals surface area contributed by atoms with Gasteiger partial charge in [0.15, 0.2) is 0 Å². The molecule has 1 saturated heterocycles. The van der Waals surface area contributed by atoms with Crippen molar-refractivity contribution in [3.63, 3.8) is 0 Å². The normalized spacial score (nSPS) is 16.2. The summed E-state index contributed by atoms with van der Waals surface area (Å²) in [6.45, 7) is 2.06. The second kappa shape index (κ2) is 11.4. The van der Waals surface area contributed by atoms with Crippen molar-refractivity contribution < 1.29 is 13.2 Å². The molecule has 3 aromatic carbocycles. The summed E-state index contributed by atoms with van der Waals surface area (Å²) < 4.78 is 34.3. The van der Waals surface area contributed by atoms with E-state index in [1.165, 1.54) is 18.2 Å². The molecule has 0 saturated carbocycles. The summed E-state index contributed by atoms with van der Waals surface area (Å²) in [6, 6.07) is 21.7. The summed E-state index contributed by atoms with van der Waals surface area (Å²) in [5, 5.41) is 9.49. The number of halogens is 2. The Labute approximate surface area is 216 Å². The lowest BCUT2D eigenvalue weighted by Crippen LogP contribution is -2.44. The van der Waals surface area contributed by atoms with E-state index >= 15 is 0 Å². The van der Waals surface area contributed by atoms with Crippen molar-refractivity contribution >= 4 is 33.2 Å². The molecule has 0 aliphatic carbocycles. The number of ether oxygens (including phenoxy) is 1. The van der Waals surface area contributed by atoms with Crippen molar-refractivity contribution in [2.75, 3.05) is 19.7 Å². The van der Waals surface area contributed by atoms with Crippen molar-refractivity contribution in [2.45, 2.75) is 30.3 Å². The lowest BCUT2D eigenvalue weighted by molar-refractivity contribution is 0.214. The zero-order valence-corrected chi connectivity index (χ0v) is 21.3. The van der Waals surface area contributed by atoms with Crippen LogP contribution in [0.3, 0.4) is 0 Å². The summed E-state index contributed by atoms with van der Waals surface area (Å²) >= 11 is 12.0. The highest BCUT2D eigenvalue weighted by atomic mass is 35.5. The third-order valence-electron chi connectivity index (χ3n) is 5.86. The Hall–Kier alpha value is -2.60. The number of nitrogens with one attached hydrogen (secondary N) is 1. The van der Waals surface area contributed by atoms with Crippen LogP contribution >= 0.6 is 23.2 Å². The van der Waals surface area contributed by atoms with Crippen LogP contribution in [0.25, 0.3) is 11.1 Å². The average Bonchev–Trinajstić information content (AvgIpc) is 3.28. The van der Waals surface area contributed by atoms with Gasteiger partial charge in [-0.05, 0) is 79.4 Å². The molecule has 9 heteroatoms. The molecule has 4 rings (SSSR count). The quantitative estimate of drug-likeness (QED) is 0.359. The Morgan fingerprint density at radius 1 is 1.00 bits per heavy atom. The molecule has 0 amide bonds. The van der Waals surface area contributed by atoms with Crippen LogP contribution in [0.1, 0.15) is 24.8 Å². The van der Waals surface area contributed by atoms with Crippen LogP contribution in [-0.2, 0) is 10.0 Å². The van der Waals surface area contributed by atoms with Gasteiger partial charge in [-0.25, -0.2) is 8.42 Å². The molecule has 182 valence electrons. The molecule has 0 bridgehead atoms. The third kappa shape index (κ3) is 6.75. The maximum Gasteiger partial charge on any atom is 0.242 e. The van der Waals surface area contributed by atoms with Crippen molar-refractivity contribution in [1.29, 1.82) is 5.26 Å². The topological polar surface area (TPSA) is 82.4 Å². The lowest BCUT2D eigenvalue weighted by atomic mass is 10.0. The lowest BCUT2D eigenvalue weighted by Gasteiger charge is -2.25. The zero-order chi connectivity index (χ0) is 24.8. The van der Waals surface area contributed by atoms with Crippen molar-refractivity contribution in [3.8, 4) is 22.9 Å². The maximum atomic E-state index is 12.8. The van der Waals surface area contributed by atoms with E-state index in [4.69, 9.17) is 33.2 Å². The van der Waals surface area contributed by atoms with E-state index in [-0.39, 0.29) is 21.1 Å². The number of benzene rings is 3. The van der Waals surface area contributed by atoms with Crippen molar-refractivity contribution in [1.82, 2.24) is 9.62 Å². The van der Waals surface area contributed by atoms with Crippen LogP contribution in [0, 0.1) is 11.3 Å². The zero-order valence-electron chi connectivity index (χ0n) is 19.0. The molecule has 0 aromatic heterocycles. The second-order valence-electron chi connectivity index (χ2n) is 8.34. The van der Waals surface area contributed by atoms with Crippen LogP contribution < -0.4 is 9.46 Å². The van der Waals surface area contributed by atoms with Gasteiger partial charge >= 0.3 is 0 Å². The largest absolute Gasteiger partial charge is 0.494 e. The second-order valence-corrected chi connectivity index (χ2v) is 10.9. The van der Waals surface area contributed by atoms with Gasteiger partial charge in [0.2, 0.25) is 10.0 Å². The fourth-order valence-corrected chi connectivity index (χ4v) is 6.08. The molecule has 1 aliphatic heterocycles. The van der Waals surface area contributed by atoms with Crippen LogP contribution in [0.4, 0.5) is 0 Å². The third-order valence-corrected chi connectivity index (χ3v) is 7.74. The van der Waals surface area contributed by atoms with Crippen molar-refractivity contribution in [3.05, 3.63) is 82.3 Å². The molecule has 1 N–H and O–H groups in total. The predicted octanol–water partition coefficient (Wildman–Crippen LogP) is 5.70. The van der Waals surface area contributed by atoms with Gasteiger partial charge in [-0.2, -0.15) is 9.98 Å². The van der Waals surface area contributed by atoms with Gasteiger partial charge in [-0.3, -0.25) is 4.90 Å². The maximum absolute atomic E-state index is 12.8. The number of sulfonamides is 1. The van der Waals surface area contributed by atoms with E-state index in [1.54, 1.807) is 12.1 Å². The Balaban J connectivity index is 1.27. The number of hydrogen-bond acceptors (Lipinski definition) is 5. The fourth-order valence-electron chi connectivity index (χ4n) is 4.10. The molecule has 1 heterocycles. The summed E-state index contributed by atoms with van der Waals surface area (Å²) in [5.74, 6) is 0.777. The predicted molar refractivity (Wildman–Crippen MR) is 138 cm³/mol. The summed E-state index contributed by atoms with van der Waals surface area (Å²) in [6.07, 6.45) is 2.15. The molecule has 3 aromatic rings. The van der Waals surface area contributed by atoms with Crippen LogP contribution in [0.5, 0.6) is 5.75 Å². The molecule has 1 fully saturated rings. The highest BCUT2D eigenvalue weighted by molar-refractivity contribution is 7.89. The van der Waals surface area contributed by atoms with Gasteiger partial charge < -0.3 is 4.74 Å². The molecule has 0 radical (unpaired) electrons. The number of rotatable bonds is 9. The smallest absolute Gasteiger partial charge is 0.242 e. The SMILES string of the molecule is N#Cc1ccc(-c2ccc(OCCCN3CCCC3NS(=O)(=O)c3cc(Cl)cc(Cl)c3)cc2)cc1. The summed E-state index contributed by atoms with van der Waals surface area (Å²) in [5.41, 5.74) is 2.73. The molecular formula is C26H25Cl2N3O3S. The Morgan fingerprint density at radius 2 is 1.63 bits per heavy atom. The van der Waals surface area contributed by atoms with E-state index in [1.807, 2.05) is 36.4 Å². The van der Waals surface area contributed by atoms with Crippen molar-refractivity contribution in [2.24, 2.45) is 0 Å². The van der Waals surface area contributed by atoms with E-state index in [9.17, 15) is 8.42 Å². The van der Waals surface area contributed by atoms with Gasteiger partial charge in [0.25, 0.3) is 0 Å². The molecule has 35 heavy (non-hydrogen) atoms. The monoisotopic (exact) mass is 529 g/mol. The molecule has 6 nitrogen and oxygen atoms in total. The van der Waals surface area contributed by atoms with E-state index in [0.29, 0.717) is 18.7 Å². The van der Waals surface area contributed by atoms with Crippen LogP contribution in [0.2, 0.25) is 10.0 Å². The highest BCUT2D eigenvalue weighted by Crippen LogP contribution is 2.25. The highest BCUT2D eigenvalue weighted by Gasteiger charge is 2.29. The van der Waals surface area contributed by atoms with Crippen LogP contribution in [-0.4, -0.2) is 39.2 Å². The van der Waals surface area contributed by atoms with E-state index in [0.717, 1.165) is 42.7 Å². The standard InChI is InChI=1S/C26H25Cl2N3O3S/c27-22-15-23(28)17-25(16-22)35(32,33)30-26-3-1-12-31(26)13-2-14-34-24-10-8-21(9-11-24)20-6-4-19(18-29)5-7-20/h4-11,15-17,26,30H,1-3,12-14H2. The van der Waals surface area contributed by atoms with E-state index < -0.39 is 10.0 Å². The van der Waals surface area contributed by atoms with Gasteiger partial charge in [0.1, 0.15) is 5.75 Å². The minimum Gasteiger partial charge on any atom is -0.494 e. The number of nitrogens with zero attached hydrogens (tertiary/aromatic N) is 2. The number of nitriles is 1. The van der Waals surface area contributed by atoms with Gasteiger partial charge in [-0.1, -0.05) is 47.5 Å². The first kappa shape index (κ1) is 25.5. The minimum absolute atomic E-state index is 0.0645. The number of hydrogen-bond donors (Lipinski definition) is 1. The fraction of sp³-hybridized carbons (Fsp3) is 0.269. The average molecular weight is 530 g/mol. The summed E-state index contributed by atoms with van der Waals surface area (Å²) in [4.78, 5) is 2.19. The van der Waals surface area contributed by atoms with Gasteiger partial charge in [0, 0.05) is 16.6 Å². The first-order valence-corrected chi connectivity index (χ1v) is 13.5. The number of likely N-dealkylation sites (tertiary alicyclic amines) is 1. The molecular weight excluding hydrogens is 505 g/mol. The van der Waals surface area contributed by atoms with Gasteiger partial charge in [-0.15, -0.1) is 0 Å². The first-order valence-electron chi connectivity index (χ1n) is 11.3. The molecule has 0 spiro atoms. The Bertz CT molecular complexity index is 1290. The molecule has 1 atom stereocenters. The Kier molecular flexibility index (Phi) is 8.32. The first-order chi connectivity index (χ1) is 16.8. The summed E-state index contributed by atoms with van der Waals surface area (Å²) in [7, 11) is -3.73. The molecule has 1 unspecified atom stereocenters. The molecule has 1 aliphatic rings. The van der Waals surface area contributed by atoms with Crippen LogP contribution in [0.15, 0.2) is 71.6 Å². The van der Waals surface area contributed by atoms with E-state index in [2.05, 4.69) is 15.7 Å².